The van der Waals surface area contributed by atoms with Crippen LogP contribution in [0.25, 0.3) is 0 Å². The number of hydrogen-bond donors (Lipinski definition) is 1. The number of methoxy groups -OCH3 is 2. The van der Waals surface area contributed by atoms with Gasteiger partial charge in [0.1, 0.15) is 0 Å². The lowest BCUT2D eigenvalue weighted by Gasteiger charge is -2.35. The van der Waals surface area contributed by atoms with Crippen molar-refractivity contribution in [2.75, 3.05) is 40.5 Å². The zero-order valence-corrected chi connectivity index (χ0v) is 14.8. The molecule has 24 heavy (non-hydrogen) atoms. The van der Waals surface area contributed by atoms with Gasteiger partial charge in [-0.15, -0.1) is 0 Å². The number of benzene rings is 1. The molecular formula is C18H28N2O4. The number of carbonyl (C=O) groups excluding carboxylic acids is 1. The summed E-state index contributed by atoms with van der Waals surface area (Å²) in [6.45, 7) is 4.66. The van der Waals surface area contributed by atoms with Crippen molar-refractivity contribution in [3.05, 3.63) is 23.8 Å². The maximum Gasteiger partial charge on any atom is 0.311 e. The summed E-state index contributed by atoms with van der Waals surface area (Å²) in [5.74, 6) is 1.05. The first-order valence-electron chi connectivity index (χ1n) is 8.44. The third-order valence-electron chi connectivity index (χ3n) is 4.50. The number of rotatable bonds is 7. The SMILES string of the molecule is CCOC(=O)C1CN(CCc2ccc(OC)c(OC)c2)CCC1N. The van der Waals surface area contributed by atoms with E-state index in [1.165, 1.54) is 5.56 Å². The molecular weight excluding hydrogens is 308 g/mol. The average molecular weight is 336 g/mol. The Morgan fingerprint density at radius 2 is 2.04 bits per heavy atom. The van der Waals surface area contributed by atoms with E-state index in [1.807, 2.05) is 25.1 Å². The number of piperidine rings is 1. The van der Waals surface area contributed by atoms with Gasteiger partial charge >= 0.3 is 5.97 Å². The molecule has 1 aliphatic heterocycles. The molecule has 1 aromatic carbocycles. The largest absolute Gasteiger partial charge is 0.493 e. The van der Waals surface area contributed by atoms with Crippen molar-refractivity contribution < 1.29 is 19.0 Å². The van der Waals surface area contributed by atoms with Crippen LogP contribution in [0.15, 0.2) is 18.2 Å². The molecule has 1 aliphatic rings. The number of carbonyl (C=O) groups is 1. The van der Waals surface area contributed by atoms with Gasteiger partial charge in [-0.3, -0.25) is 4.79 Å². The lowest BCUT2D eigenvalue weighted by Crippen LogP contribution is -2.51. The highest BCUT2D eigenvalue weighted by molar-refractivity contribution is 5.73. The summed E-state index contributed by atoms with van der Waals surface area (Å²) in [6, 6.07) is 5.85. The molecule has 134 valence electrons. The molecule has 0 aromatic heterocycles. The predicted octanol–water partition coefficient (Wildman–Crippen LogP) is 1.46. The van der Waals surface area contributed by atoms with Gasteiger partial charge in [0, 0.05) is 19.1 Å². The molecule has 1 heterocycles. The van der Waals surface area contributed by atoms with Gasteiger partial charge in [0.2, 0.25) is 0 Å². The van der Waals surface area contributed by atoms with Crippen LogP contribution >= 0.6 is 0 Å². The standard InChI is InChI=1S/C18H28N2O4/c1-4-24-18(21)14-12-20(10-8-15(14)19)9-7-13-5-6-16(22-2)17(11-13)23-3/h5-6,11,14-15H,4,7-10,12,19H2,1-3H3. The Bertz CT molecular complexity index is 550. The highest BCUT2D eigenvalue weighted by atomic mass is 16.5. The van der Waals surface area contributed by atoms with Gasteiger partial charge in [0.15, 0.2) is 11.5 Å². The van der Waals surface area contributed by atoms with E-state index in [0.717, 1.165) is 37.4 Å². The highest BCUT2D eigenvalue weighted by Gasteiger charge is 2.32. The van der Waals surface area contributed by atoms with E-state index in [1.54, 1.807) is 14.2 Å². The van der Waals surface area contributed by atoms with E-state index in [4.69, 9.17) is 19.9 Å². The third kappa shape index (κ3) is 4.61. The molecule has 1 aromatic rings. The van der Waals surface area contributed by atoms with Gasteiger partial charge in [-0.1, -0.05) is 6.07 Å². The number of esters is 1. The van der Waals surface area contributed by atoms with Crippen molar-refractivity contribution in [1.82, 2.24) is 4.90 Å². The fourth-order valence-electron chi connectivity index (χ4n) is 3.06. The van der Waals surface area contributed by atoms with Crippen molar-refractivity contribution in [2.45, 2.75) is 25.8 Å². The molecule has 2 N–H and O–H groups in total. The Kier molecular flexibility index (Phi) is 6.87. The summed E-state index contributed by atoms with van der Waals surface area (Å²) >= 11 is 0. The molecule has 2 rings (SSSR count). The van der Waals surface area contributed by atoms with Crippen molar-refractivity contribution in [1.29, 1.82) is 0 Å². The van der Waals surface area contributed by atoms with Gasteiger partial charge in [-0.2, -0.15) is 0 Å². The molecule has 6 nitrogen and oxygen atoms in total. The first kappa shape index (κ1) is 18.5. The minimum absolute atomic E-state index is 0.110. The maximum absolute atomic E-state index is 12.0. The summed E-state index contributed by atoms with van der Waals surface area (Å²) < 4.78 is 15.7. The lowest BCUT2D eigenvalue weighted by molar-refractivity contribution is -0.150. The van der Waals surface area contributed by atoms with Crippen LogP contribution in [0, 0.1) is 5.92 Å². The number of nitrogens with zero attached hydrogens (tertiary/aromatic N) is 1. The molecule has 2 atom stereocenters. The molecule has 0 saturated carbocycles. The smallest absolute Gasteiger partial charge is 0.311 e. The molecule has 6 heteroatoms. The van der Waals surface area contributed by atoms with Crippen molar-refractivity contribution in [3.63, 3.8) is 0 Å². The minimum atomic E-state index is -0.232. The fraction of sp³-hybridized carbons (Fsp3) is 0.611. The molecule has 0 amide bonds. The second-order valence-corrected chi connectivity index (χ2v) is 6.05. The number of ether oxygens (including phenoxy) is 3. The van der Waals surface area contributed by atoms with Crippen LogP contribution in [-0.2, 0) is 16.0 Å². The zero-order chi connectivity index (χ0) is 17.5. The quantitative estimate of drug-likeness (QED) is 0.760. The van der Waals surface area contributed by atoms with Crippen molar-refractivity contribution >= 4 is 5.97 Å². The van der Waals surface area contributed by atoms with E-state index in [9.17, 15) is 4.79 Å². The summed E-state index contributed by atoms with van der Waals surface area (Å²) in [6.07, 6.45) is 1.69. The Hall–Kier alpha value is -1.79. The van der Waals surface area contributed by atoms with E-state index >= 15 is 0 Å². The van der Waals surface area contributed by atoms with Crippen LogP contribution in [0.5, 0.6) is 11.5 Å². The Balaban J connectivity index is 1.93. The van der Waals surface area contributed by atoms with Gasteiger partial charge in [0.05, 0.1) is 26.7 Å². The third-order valence-corrected chi connectivity index (χ3v) is 4.50. The molecule has 0 spiro atoms. The lowest BCUT2D eigenvalue weighted by atomic mass is 9.92. The predicted molar refractivity (Wildman–Crippen MR) is 92.4 cm³/mol. The Morgan fingerprint density at radius 1 is 1.29 bits per heavy atom. The van der Waals surface area contributed by atoms with E-state index in [2.05, 4.69) is 4.90 Å². The van der Waals surface area contributed by atoms with Crippen LogP contribution in [0.1, 0.15) is 18.9 Å². The summed E-state index contributed by atoms with van der Waals surface area (Å²) in [7, 11) is 3.27. The Labute approximate surface area is 143 Å². The number of likely N-dealkylation sites (tertiary alicyclic amines) is 1. The second-order valence-electron chi connectivity index (χ2n) is 6.05. The van der Waals surface area contributed by atoms with Crippen molar-refractivity contribution in [3.8, 4) is 11.5 Å². The minimum Gasteiger partial charge on any atom is -0.493 e. The highest BCUT2D eigenvalue weighted by Crippen LogP contribution is 2.28. The molecule has 0 bridgehead atoms. The van der Waals surface area contributed by atoms with E-state index in [0.29, 0.717) is 13.2 Å². The van der Waals surface area contributed by atoms with Crippen LogP contribution in [0.3, 0.4) is 0 Å². The first-order valence-corrected chi connectivity index (χ1v) is 8.44. The Morgan fingerprint density at radius 3 is 2.71 bits per heavy atom. The normalized spacial score (nSPS) is 21.3. The van der Waals surface area contributed by atoms with E-state index in [-0.39, 0.29) is 17.9 Å². The topological polar surface area (TPSA) is 74.0 Å². The monoisotopic (exact) mass is 336 g/mol. The second kappa shape index (κ2) is 8.89. The molecule has 1 fully saturated rings. The average Bonchev–Trinajstić information content (AvgIpc) is 2.60. The van der Waals surface area contributed by atoms with Gasteiger partial charge in [0.25, 0.3) is 0 Å². The first-order chi connectivity index (χ1) is 11.6. The summed E-state index contributed by atoms with van der Waals surface area (Å²) in [5.41, 5.74) is 7.27. The molecule has 0 radical (unpaired) electrons. The molecule has 2 unspecified atom stereocenters. The molecule has 1 saturated heterocycles. The fourth-order valence-corrected chi connectivity index (χ4v) is 3.06. The maximum atomic E-state index is 12.0. The van der Waals surface area contributed by atoms with Crippen molar-refractivity contribution in [2.24, 2.45) is 11.7 Å². The van der Waals surface area contributed by atoms with Gasteiger partial charge < -0.3 is 24.8 Å². The van der Waals surface area contributed by atoms with Gasteiger partial charge in [-0.05, 0) is 44.0 Å². The summed E-state index contributed by atoms with van der Waals surface area (Å²) in [5, 5.41) is 0. The summed E-state index contributed by atoms with van der Waals surface area (Å²) in [4.78, 5) is 14.3. The van der Waals surface area contributed by atoms with E-state index < -0.39 is 0 Å². The molecule has 0 aliphatic carbocycles. The van der Waals surface area contributed by atoms with Crippen LogP contribution < -0.4 is 15.2 Å². The van der Waals surface area contributed by atoms with Gasteiger partial charge in [-0.25, -0.2) is 0 Å². The van der Waals surface area contributed by atoms with Crippen LogP contribution in [0.2, 0.25) is 0 Å². The number of hydrogen-bond acceptors (Lipinski definition) is 6. The van der Waals surface area contributed by atoms with Crippen LogP contribution in [-0.4, -0.2) is 57.4 Å². The number of nitrogens with two attached hydrogens (primary N) is 1. The van der Waals surface area contributed by atoms with Crippen LogP contribution in [0.4, 0.5) is 0 Å². The zero-order valence-electron chi connectivity index (χ0n) is 14.8.